The van der Waals surface area contributed by atoms with Gasteiger partial charge in [-0.2, -0.15) is 0 Å². The second-order valence-corrected chi connectivity index (χ2v) is 6.83. The average molecular weight is 378 g/mol. The molecule has 2 amide bonds. The molecular formula is C22H26N4O2. The van der Waals surface area contributed by atoms with E-state index < -0.39 is 0 Å². The minimum Gasteiger partial charge on any atom is -0.397 e. The van der Waals surface area contributed by atoms with Crippen molar-refractivity contribution >= 4 is 34.1 Å². The highest BCUT2D eigenvalue weighted by Crippen LogP contribution is 2.17. The molecule has 0 bridgehead atoms. The second kappa shape index (κ2) is 9.60. The number of hydrogen-bond donors (Lipinski definition) is 4. The van der Waals surface area contributed by atoms with E-state index >= 15 is 0 Å². The SMILES string of the molecule is Nc1ccccc1NC(=O)CCCCCCNC(=O)c1cc2ccccc2[nH]1. The van der Waals surface area contributed by atoms with Crippen LogP contribution in [0, 0.1) is 0 Å². The Bertz CT molecular complexity index is 915. The topological polar surface area (TPSA) is 100 Å². The molecule has 0 saturated heterocycles. The number of anilines is 2. The Morgan fingerprint density at radius 3 is 2.50 bits per heavy atom. The molecule has 1 aromatic heterocycles. The summed E-state index contributed by atoms with van der Waals surface area (Å²) in [4.78, 5) is 27.3. The number of benzene rings is 2. The van der Waals surface area contributed by atoms with Crippen LogP contribution in [0.3, 0.4) is 0 Å². The van der Waals surface area contributed by atoms with Crippen LogP contribution >= 0.6 is 0 Å². The molecule has 0 radical (unpaired) electrons. The predicted molar refractivity (Wildman–Crippen MR) is 113 cm³/mol. The van der Waals surface area contributed by atoms with Crippen molar-refractivity contribution < 1.29 is 9.59 Å². The van der Waals surface area contributed by atoms with Crippen LogP contribution in [0.1, 0.15) is 42.6 Å². The first-order valence-electron chi connectivity index (χ1n) is 9.64. The van der Waals surface area contributed by atoms with Gasteiger partial charge in [-0.15, -0.1) is 0 Å². The molecule has 0 aliphatic carbocycles. The van der Waals surface area contributed by atoms with Gasteiger partial charge in [-0.05, 0) is 37.1 Å². The Morgan fingerprint density at radius 1 is 0.929 bits per heavy atom. The van der Waals surface area contributed by atoms with E-state index in [0.717, 1.165) is 36.6 Å². The summed E-state index contributed by atoms with van der Waals surface area (Å²) in [5, 5.41) is 6.80. The number of rotatable bonds is 9. The fraction of sp³-hybridized carbons (Fsp3) is 0.273. The van der Waals surface area contributed by atoms with Crippen LogP contribution in [-0.4, -0.2) is 23.3 Å². The third-order valence-corrected chi connectivity index (χ3v) is 4.63. The fourth-order valence-corrected chi connectivity index (χ4v) is 3.08. The van der Waals surface area contributed by atoms with Crippen molar-refractivity contribution in [1.29, 1.82) is 0 Å². The third-order valence-electron chi connectivity index (χ3n) is 4.63. The van der Waals surface area contributed by atoms with E-state index in [0.29, 0.717) is 30.0 Å². The van der Waals surface area contributed by atoms with Crippen molar-refractivity contribution in [3.8, 4) is 0 Å². The summed E-state index contributed by atoms with van der Waals surface area (Å²) in [5.74, 6) is -0.110. The number of nitrogens with two attached hydrogens (primary N) is 1. The number of nitrogen functional groups attached to an aromatic ring is 1. The summed E-state index contributed by atoms with van der Waals surface area (Å²) in [5.41, 5.74) is 8.59. The van der Waals surface area contributed by atoms with Crippen molar-refractivity contribution in [2.45, 2.75) is 32.1 Å². The molecule has 0 spiro atoms. The molecule has 3 aromatic rings. The number of hydrogen-bond acceptors (Lipinski definition) is 3. The zero-order valence-corrected chi connectivity index (χ0v) is 15.8. The van der Waals surface area contributed by atoms with Crippen LogP contribution in [0.2, 0.25) is 0 Å². The van der Waals surface area contributed by atoms with E-state index in [-0.39, 0.29) is 11.8 Å². The van der Waals surface area contributed by atoms with Gasteiger partial charge in [0.15, 0.2) is 0 Å². The smallest absolute Gasteiger partial charge is 0.267 e. The van der Waals surface area contributed by atoms with Gasteiger partial charge in [0, 0.05) is 23.9 Å². The van der Waals surface area contributed by atoms with Gasteiger partial charge in [0.25, 0.3) is 5.91 Å². The number of unbranched alkanes of at least 4 members (excludes halogenated alkanes) is 3. The van der Waals surface area contributed by atoms with Gasteiger partial charge >= 0.3 is 0 Å². The summed E-state index contributed by atoms with van der Waals surface area (Å²) >= 11 is 0. The van der Waals surface area contributed by atoms with Crippen molar-refractivity contribution in [3.63, 3.8) is 0 Å². The molecule has 0 unspecified atom stereocenters. The highest BCUT2D eigenvalue weighted by Gasteiger charge is 2.08. The maximum absolute atomic E-state index is 12.2. The molecule has 1 heterocycles. The third kappa shape index (κ3) is 5.36. The number of nitrogens with one attached hydrogen (secondary N) is 3. The van der Waals surface area contributed by atoms with E-state index in [1.54, 1.807) is 12.1 Å². The standard InChI is InChI=1S/C22H26N4O2/c23-17-10-5-7-12-19(17)26-21(27)13-3-1-2-8-14-24-22(28)20-15-16-9-4-6-11-18(16)25-20/h4-7,9-12,15,25H,1-3,8,13-14,23H2,(H,24,28)(H,26,27). The number of carbonyl (C=O) groups is 2. The average Bonchev–Trinajstić information content (AvgIpc) is 3.13. The summed E-state index contributed by atoms with van der Waals surface area (Å²) in [6.45, 7) is 0.626. The lowest BCUT2D eigenvalue weighted by molar-refractivity contribution is -0.116. The molecule has 2 aromatic carbocycles. The highest BCUT2D eigenvalue weighted by atomic mass is 16.2. The maximum atomic E-state index is 12.2. The summed E-state index contributed by atoms with van der Waals surface area (Å²) in [6, 6.07) is 16.9. The molecule has 3 rings (SSSR count). The van der Waals surface area contributed by atoms with Gasteiger partial charge in [-0.25, -0.2) is 0 Å². The van der Waals surface area contributed by atoms with Gasteiger partial charge in [-0.1, -0.05) is 43.2 Å². The maximum Gasteiger partial charge on any atom is 0.267 e. The quantitative estimate of drug-likeness (QED) is 0.333. The van der Waals surface area contributed by atoms with Gasteiger partial charge in [0.2, 0.25) is 5.91 Å². The van der Waals surface area contributed by atoms with Gasteiger partial charge in [0.05, 0.1) is 11.4 Å². The Hall–Kier alpha value is -3.28. The monoisotopic (exact) mass is 378 g/mol. The van der Waals surface area contributed by atoms with E-state index in [1.807, 2.05) is 42.5 Å². The molecule has 5 N–H and O–H groups in total. The summed E-state index contributed by atoms with van der Waals surface area (Å²) < 4.78 is 0. The van der Waals surface area contributed by atoms with E-state index in [2.05, 4.69) is 15.6 Å². The van der Waals surface area contributed by atoms with Gasteiger partial charge in [0.1, 0.15) is 5.69 Å². The van der Waals surface area contributed by atoms with E-state index in [4.69, 9.17) is 5.73 Å². The lowest BCUT2D eigenvalue weighted by Gasteiger charge is -2.08. The first kappa shape index (κ1) is 19.5. The molecule has 0 fully saturated rings. The Kier molecular flexibility index (Phi) is 6.68. The number of aromatic amines is 1. The predicted octanol–water partition coefficient (Wildman–Crippen LogP) is 4.07. The number of amides is 2. The number of H-pyrrole nitrogens is 1. The molecule has 0 aliphatic heterocycles. The number of fused-ring (bicyclic) bond motifs is 1. The lowest BCUT2D eigenvalue weighted by atomic mass is 10.1. The molecule has 146 valence electrons. The minimum atomic E-state index is -0.0870. The van der Waals surface area contributed by atoms with E-state index in [9.17, 15) is 9.59 Å². The van der Waals surface area contributed by atoms with Crippen LogP contribution < -0.4 is 16.4 Å². The van der Waals surface area contributed by atoms with Crippen LogP contribution in [0.25, 0.3) is 10.9 Å². The summed E-state index contributed by atoms with van der Waals surface area (Å²) in [7, 11) is 0. The van der Waals surface area contributed by atoms with Crippen LogP contribution in [-0.2, 0) is 4.79 Å². The zero-order valence-electron chi connectivity index (χ0n) is 15.8. The van der Waals surface area contributed by atoms with Crippen molar-refractivity contribution in [1.82, 2.24) is 10.3 Å². The highest BCUT2D eigenvalue weighted by molar-refractivity contribution is 5.98. The summed E-state index contributed by atoms with van der Waals surface area (Å²) in [6.07, 6.45) is 4.08. The number of aromatic nitrogens is 1. The molecule has 6 heteroatoms. The Labute approximate surface area is 164 Å². The second-order valence-electron chi connectivity index (χ2n) is 6.83. The fourth-order valence-electron chi connectivity index (χ4n) is 3.08. The van der Waals surface area contributed by atoms with Crippen LogP contribution in [0.5, 0.6) is 0 Å². The number of para-hydroxylation sites is 3. The first-order chi connectivity index (χ1) is 13.6. The molecule has 6 nitrogen and oxygen atoms in total. The number of carbonyl (C=O) groups excluding carboxylic acids is 2. The van der Waals surface area contributed by atoms with Crippen molar-refractivity contribution in [3.05, 3.63) is 60.3 Å². The van der Waals surface area contributed by atoms with Crippen molar-refractivity contribution in [2.24, 2.45) is 0 Å². The lowest BCUT2D eigenvalue weighted by Crippen LogP contribution is -2.24. The Balaban J connectivity index is 1.28. The largest absolute Gasteiger partial charge is 0.397 e. The van der Waals surface area contributed by atoms with E-state index in [1.165, 1.54) is 0 Å². The van der Waals surface area contributed by atoms with Crippen LogP contribution in [0.4, 0.5) is 11.4 Å². The van der Waals surface area contributed by atoms with Gasteiger partial charge < -0.3 is 21.4 Å². The van der Waals surface area contributed by atoms with Crippen molar-refractivity contribution in [2.75, 3.05) is 17.6 Å². The molecule has 28 heavy (non-hydrogen) atoms. The van der Waals surface area contributed by atoms with Gasteiger partial charge in [-0.3, -0.25) is 9.59 Å². The molecule has 0 atom stereocenters. The van der Waals surface area contributed by atoms with Crippen LogP contribution in [0.15, 0.2) is 54.6 Å². The Morgan fingerprint density at radius 2 is 1.68 bits per heavy atom. The first-order valence-corrected chi connectivity index (χ1v) is 9.64. The normalized spacial score (nSPS) is 10.7. The molecule has 0 aliphatic rings. The zero-order chi connectivity index (χ0) is 19.8. The molecule has 0 saturated carbocycles. The minimum absolute atomic E-state index is 0.0231. The molecular weight excluding hydrogens is 352 g/mol.